The van der Waals surface area contributed by atoms with E-state index in [2.05, 4.69) is 102 Å². The number of aromatic amines is 3. The van der Waals surface area contributed by atoms with Crippen LogP contribution in [-0.2, 0) is 132 Å². The van der Waals surface area contributed by atoms with Crippen molar-refractivity contribution in [3.63, 3.8) is 0 Å². The third kappa shape index (κ3) is 19.0. The smallest absolute Gasteiger partial charge is 0.382 e. The van der Waals surface area contributed by atoms with Gasteiger partial charge in [-0.3, -0.25) is 55.4 Å². The summed E-state index contributed by atoms with van der Waals surface area (Å²) in [4.78, 5) is 119. The summed E-state index contributed by atoms with van der Waals surface area (Å²) in [5, 5.41) is 0. The summed E-state index contributed by atoms with van der Waals surface area (Å²) in [5.74, 6) is 1.26. The number of nitrogens with one attached hydrogen (secondary N) is 3. The molecule has 30 atom stereocenters. The minimum absolute atomic E-state index is 0.0307. The zero-order chi connectivity index (χ0) is 97.6. The van der Waals surface area contributed by atoms with Crippen LogP contribution in [0.5, 0.6) is 0 Å². The van der Waals surface area contributed by atoms with Crippen LogP contribution in [0.2, 0.25) is 0 Å². The van der Waals surface area contributed by atoms with Crippen LogP contribution >= 0.6 is 55.7 Å². The van der Waals surface area contributed by atoms with Gasteiger partial charge in [0, 0.05) is 21.3 Å². The molecule has 9 fully saturated rings. The van der Waals surface area contributed by atoms with Crippen LogP contribution in [0.1, 0.15) is 54.8 Å². The number of ether oxygens (including phenoxy) is 9. The molecule has 0 radical (unpaired) electrons. The normalized spacial score (nSPS) is 37.2. The van der Waals surface area contributed by atoms with Crippen LogP contribution in [0.25, 0.3) is 67.0 Å². The Bertz CT molecular complexity index is 6560. The SMILES string of the molecule is [BH3-][P@@]1(=O)OCC2OC(n3cnc4c(=O)[nH]c(C)nc43)C(OP(O)(=S)OCC3OC(n4cnc5c(N)ncnc54)C(F)C3O1)C2OC.[BH3-][P@@]1(=O)OCC2OC(n3cnc4c(=O)[nH]c(C)nc43)C(O[P@]([BH3-])(=O)OCC3OC(n4cnc5c(N)ncnc54)C(F)C3O1)C2OC.[BH3-][P@]1(=O)OCC2OC(n3cnc4c(=O)[nH]c(C)nc43)C(OP(=O)(S)OCC3OC(n4cnc5c(N)ncnc54)C(F)C3O1)C2OC. The van der Waals surface area contributed by atoms with Crippen molar-refractivity contribution in [1.29, 1.82) is 0 Å². The molecule has 12 aromatic heterocycles. The topological polar surface area (TPSA) is 699 Å². The molecule has 0 spiro atoms. The van der Waals surface area contributed by atoms with E-state index < -0.39 is 258 Å². The highest BCUT2D eigenvalue weighted by Crippen LogP contribution is 2.61. The highest BCUT2D eigenvalue weighted by molar-refractivity contribution is 8.44. The number of hydrogen-bond acceptors (Lipinski definition) is 48. The van der Waals surface area contributed by atoms with E-state index in [0.29, 0.717) is 17.5 Å². The predicted octanol–water partition coefficient (Wildman–Crippen LogP) is -1.41. The average molecular weight is 2090 g/mol. The van der Waals surface area contributed by atoms with Gasteiger partial charge in [-0.2, -0.15) is 0 Å². The third-order valence-corrected chi connectivity index (χ3v) is 28.7. The van der Waals surface area contributed by atoms with Crippen molar-refractivity contribution in [2.45, 2.75) is 168 Å². The Morgan fingerprint density at radius 2 is 0.630 bits per heavy atom. The standard InChI is InChI=1S/C22H30B2FN9O10P2.2C22H28BFN9O10P2S/c1-8-31-19-13(20(35)32-8)30-7-34(19)22-16-15(38-2)10(42-22)4-40-45(23,36)43-14-9(3-39-46(24,37)44-16)41-21(11(14)25)33-6-29-12-17(26)27-5-28-18(12)33;2*1-8-30-19-13(20(34)31-8)29-7-33(19)22-16-15(37-2)10(41-22)3-38-44(23,35)42-14-9(4-39-45(36,46)43-16)40-21(11(14)24)32-6-28-12-17(25)26-5-27-18(12)32/h5-7,9-11,14-16,21-22H,3-4H2,1-2,23-24H3,(H2,26,27,28)(H,31,32,35);2*5-7,9-11,14-16,21-22H,3-4H2,1-2,23H3,(H,36,46)(H2,25,26,27)(H,30,31,34)/q-2;2*-1/t9?,10?,11?,14?,15?,16?,21?,22?,45-,46-;2*9?,10?,11?,14?,15?,16?,21?,22?,44-,45?/m110/s1. The Labute approximate surface area is 785 Å². The second-order valence-electron chi connectivity index (χ2n) is 30.5. The number of rotatable bonds is 9. The van der Waals surface area contributed by atoms with Gasteiger partial charge in [0.1, 0.15) is 174 Å². The summed E-state index contributed by atoms with van der Waals surface area (Å²) in [6.07, 6.45) is -18.3. The van der Waals surface area contributed by atoms with Crippen molar-refractivity contribution in [3.05, 3.63) is 105 Å². The van der Waals surface area contributed by atoms with Crippen LogP contribution in [0.3, 0.4) is 0 Å². The molecule has 21 rings (SSSR count). The molecule has 9 aliphatic rings. The van der Waals surface area contributed by atoms with Gasteiger partial charge in [0.2, 0.25) is 0 Å². The summed E-state index contributed by atoms with van der Waals surface area (Å²) in [6, 6.07) is 0. The van der Waals surface area contributed by atoms with E-state index in [0.717, 1.165) is 0 Å². The second-order valence-corrected chi connectivity index (χ2v) is 39.9. The lowest BCUT2D eigenvalue weighted by Crippen LogP contribution is -2.37. The van der Waals surface area contributed by atoms with Gasteiger partial charge in [-0.15, -0.1) is 0 Å². The molecule has 10 N–H and O–H groups in total. The monoisotopic (exact) mass is 2090 g/mol. The van der Waals surface area contributed by atoms with E-state index in [9.17, 15) is 42.1 Å². The molecule has 72 heteroatoms. The van der Waals surface area contributed by atoms with Gasteiger partial charge in [-0.1, -0.05) is 12.2 Å². The maximum Gasteiger partial charge on any atom is 0.386 e. The number of methoxy groups -OCH3 is 3. The minimum Gasteiger partial charge on any atom is -0.382 e. The molecule has 138 heavy (non-hydrogen) atoms. The molecule has 6 bridgehead atoms. The van der Waals surface area contributed by atoms with E-state index in [1.165, 1.54) is 106 Å². The maximum atomic E-state index is 16.2. The lowest BCUT2D eigenvalue weighted by Gasteiger charge is -2.31. The highest BCUT2D eigenvalue weighted by atomic mass is 32.7. The van der Waals surface area contributed by atoms with E-state index in [1.807, 2.05) is 0 Å². The summed E-state index contributed by atoms with van der Waals surface area (Å²) in [6.45, 7) is -6.01. The molecule has 0 saturated carbocycles. The molecule has 9 saturated heterocycles. The number of nitrogens with two attached hydrogens (primary N) is 3. The van der Waals surface area contributed by atoms with Gasteiger partial charge in [-0.25, -0.2) is 92.5 Å². The minimum atomic E-state index is -4.29. The Morgan fingerprint density at radius 3 is 0.942 bits per heavy atom. The summed E-state index contributed by atoms with van der Waals surface area (Å²) >= 11 is 9.55. The second kappa shape index (κ2) is 37.9. The number of aryl methyl sites for hydroxylation is 3. The molecular weight excluding hydrogens is 2000 g/mol. The number of alkyl halides is 3. The average Bonchev–Trinajstić information content (AvgIpc) is 1.62. The van der Waals surface area contributed by atoms with Gasteiger partial charge < -0.3 is 139 Å². The molecule has 0 amide bonds. The van der Waals surface area contributed by atoms with E-state index >= 15 is 13.2 Å². The van der Waals surface area contributed by atoms with Crippen LogP contribution in [-0.4, -0.2) is 323 Å². The van der Waals surface area contributed by atoms with Crippen LogP contribution in [0.4, 0.5) is 30.6 Å². The van der Waals surface area contributed by atoms with Gasteiger partial charge >= 0.3 is 13.5 Å². The number of hydrogen-bond donors (Lipinski definition) is 8. The predicted molar refractivity (Wildman–Crippen MR) is 487 cm³/mol. The maximum absolute atomic E-state index is 16.2. The fourth-order valence-corrected chi connectivity index (χ4v) is 22.5. The molecule has 0 aromatic carbocycles. The molecular formula is C66H86B4F3N27O30P6S2-4. The number of nitrogens with zero attached hydrogens (tertiary/aromatic N) is 21. The Morgan fingerprint density at radius 1 is 0.377 bits per heavy atom. The summed E-state index contributed by atoms with van der Waals surface area (Å²) < 4.78 is 250. The molecule has 0 aliphatic carbocycles. The lowest BCUT2D eigenvalue weighted by atomic mass is 10.1. The van der Waals surface area contributed by atoms with Gasteiger partial charge in [-0.05, 0) is 32.6 Å². The highest BCUT2D eigenvalue weighted by Gasteiger charge is 2.59. The van der Waals surface area contributed by atoms with Crippen LogP contribution in [0.15, 0.2) is 71.3 Å². The quantitative estimate of drug-likeness (QED) is 0.0468. The fraction of sp³-hybridized carbons (Fsp3) is 0.545. The summed E-state index contributed by atoms with van der Waals surface area (Å²) in [7, 11) is -15.7. The first-order valence-electron chi connectivity index (χ1n) is 39.7. The van der Waals surface area contributed by atoms with Crippen LogP contribution < -0.4 is 33.9 Å². The number of H-pyrrole nitrogens is 3. The third-order valence-electron chi connectivity index (χ3n) is 22.5. The van der Waals surface area contributed by atoms with Crippen molar-refractivity contribution >= 4 is 182 Å². The zero-order valence-electron chi connectivity index (χ0n) is 69.4. The van der Waals surface area contributed by atoms with Crippen molar-refractivity contribution in [1.82, 2.24) is 117 Å². The molecule has 57 nitrogen and oxygen atoms in total. The molecule has 744 valence electrons. The van der Waals surface area contributed by atoms with Crippen LogP contribution in [0, 0.1) is 20.8 Å². The van der Waals surface area contributed by atoms with Gasteiger partial charge in [0.15, 0.2) is 124 Å². The Balaban J connectivity index is 0.000000132. The number of fused-ring (bicyclic) bond motifs is 15. The Hall–Kier alpha value is -8.58. The first-order chi connectivity index (χ1) is 65.6. The van der Waals surface area contributed by atoms with Crippen molar-refractivity contribution in [3.8, 4) is 0 Å². The lowest BCUT2D eigenvalue weighted by molar-refractivity contribution is -0.0592. The van der Waals surface area contributed by atoms with Crippen molar-refractivity contribution < 1.29 is 138 Å². The number of nitrogen functional groups attached to an aromatic ring is 3. The molecule has 9 aliphatic heterocycles. The van der Waals surface area contributed by atoms with E-state index in [4.69, 9.17) is 126 Å². The van der Waals surface area contributed by atoms with Crippen molar-refractivity contribution in [2.24, 2.45) is 0 Å². The Kier molecular flexibility index (Phi) is 27.0. The van der Waals surface area contributed by atoms with Gasteiger partial charge in [0.05, 0.1) is 108 Å². The number of imidazole rings is 6. The van der Waals surface area contributed by atoms with Crippen molar-refractivity contribution in [2.75, 3.05) is 78.2 Å². The summed E-state index contributed by atoms with van der Waals surface area (Å²) in [5.41, 5.74) is 18.3. The number of thiol groups is 1. The van der Waals surface area contributed by atoms with Gasteiger partial charge in [0.25, 0.3) is 16.7 Å². The zero-order valence-corrected chi connectivity index (χ0v) is 76.5. The molecule has 12 aromatic rings. The largest absolute Gasteiger partial charge is 0.386 e. The first kappa shape index (κ1) is 98.2. The molecule has 21 heterocycles. The van der Waals surface area contributed by atoms with E-state index in [-0.39, 0.29) is 104 Å². The fourth-order valence-electron chi connectivity index (χ4n) is 16.5. The first-order valence-corrected chi connectivity index (χ1v) is 49.4. The molecule has 26 unspecified atom stereocenters. The number of aromatic nitrogens is 24. The number of anilines is 3. The number of halogens is 3. The van der Waals surface area contributed by atoms with E-state index in [1.54, 1.807) is 20.8 Å².